The highest BCUT2D eigenvalue weighted by atomic mass is 79.9. The lowest BCUT2D eigenvalue weighted by Gasteiger charge is -2.11. The number of rotatable bonds is 8. The molecular weight excluding hydrogens is 620 g/mol. The number of para-hydroxylation sites is 1. The molecule has 13 heteroatoms. The number of carbonyl (C=O) groups excluding carboxylic acids is 1. The minimum absolute atomic E-state index is 0.120. The van der Waals surface area contributed by atoms with Crippen molar-refractivity contribution in [1.82, 2.24) is 9.66 Å². The highest BCUT2D eigenvalue weighted by Gasteiger charge is 2.22. The fourth-order valence-corrected chi connectivity index (χ4v) is 4.78. The van der Waals surface area contributed by atoms with Gasteiger partial charge in [-0.3, -0.25) is 14.9 Å². The van der Waals surface area contributed by atoms with Gasteiger partial charge in [0.1, 0.15) is 5.58 Å². The van der Waals surface area contributed by atoms with Crippen LogP contribution in [0.15, 0.2) is 79.4 Å². The van der Waals surface area contributed by atoms with E-state index in [-0.39, 0.29) is 33.5 Å². The number of hydrogen-bond donors (Lipinski definition) is 0. The molecular formula is C28H20BrClN4O7. The van der Waals surface area contributed by atoms with E-state index in [9.17, 15) is 19.7 Å². The molecule has 3 aromatic carbocycles. The first-order chi connectivity index (χ1) is 19.6. The molecule has 0 fully saturated rings. The average Bonchev–Trinajstić information content (AvgIpc) is 3.34. The van der Waals surface area contributed by atoms with Crippen LogP contribution in [0.25, 0.3) is 33.5 Å². The molecule has 0 radical (unpaired) electrons. The predicted molar refractivity (Wildman–Crippen MR) is 157 cm³/mol. The summed E-state index contributed by atoms with van der Waals surface area (Å²) in [5.41, 5.74) is 0.347. The SMILES string of the molecule is CC(C)OC(=O)COc1c(Br)cc(C=Nn2c(-c3cc4cc(Cl)ccc4o3)nc3ccccc3c2=O)cc1[N+](=O)[O-]. The van der Waals surface area contributed by atoms with E-state index < -0.39 is 28.7 Å². The van der Waals surface area contributed by atoms with Gasteiger partial charge in [-0.15, -0.1) is 0 Å². The normalized spacial score (nSPS) is 11.5. The summed E-state index contributed by atoms with van der Waals surface area (Å²) in [6, 6.07) is 16.3. The molecule has 41 heavy (non-hydrogen) atoms. The Morgan fingerprint density at radius 2 is 2.00 bits per heavy atom. The van der Waals surface area contributed by atoms with Crippen molar-refractivity contribution in [2.45, 2.75) is 20.0 Å². The molecule has 2 aromatic heterocycles. The van der Waals surface area contributed by atoms with Crippen LogP contribution in [0.3, 0.4) is 0 Å². The Hall–Kier alpha value is -4.55. The summed E-state index contributed by atoms with van der Waals surface area (Å²) in [5, 5.41) is 17.7. The first-order valence-electron chi connectivity index (χ1n) is 12.2. The maximum atomic E-state index is 13.5. The average molecular weight is 640 g/mol. The lowest BCUT2D eigenvalue weighted by molar-refractivity contribution is -0.385. The molecule has 0 spiro atoms. The first-order valence-corrected chi connectivity index (χ1v) is 13.3. The molecule has 0 saturated heterocycles. The van der Waals surface area contributed by atoms with E-state index in [0.29, 0.717) is 26.9 Å². The summed E-state index contributed by atoms with van der Waals surface area (Å²) in [7, 11) is 0. The van der Waals surface area contributed by atoms with E-state index in [0.717, 1.165) is 4.68 Å². The number of ether oxygens (including phenoxy) is 2. The molecule has 0 N–H and O–H groups in total. The number of halogens is 2. The Kier molecular flexibility index (Phi) is 7.86. The van der Waals surface area contributed by atoms with Crippen molar-refractivity contribution in [3.05, 3.63) is 96.2 Å². The van der Waals surface area contributed by atoms with Crippen molar-refractivity contribution in [2.75, 3.05) is 6.61 Å². The van der Waals surface area contributed by atoms with Crippen molar-refractivity contribution in [2.24, 2.45) is 5.10 Å². The van der Waals surface area contributed by atoms with Crippen LogP contribution in [0.2, 0.25) is 5.02 Å². The van der Waals surface area contributed by atoms with E-state index in [1.54, 1.807) is 62.4 Å². The molecule has 11 nitrogen and oxygen atoms in total. The minimum Gasteiger partial charge on any atom is -0.474 e. The van der Waals surface area contributed by atoms with Gasteiger partial charge in [0.2, 0.25) is 11.6 Å². The number of esters is 1. The second-order valence-corrected chi connectivity index (χ2v) is 10.3. The van der Waals surface area contributed by atoms with Gasteiger partial charge in [0.05, 0.1) is 32.6 Å². The van der Waals surface area contributed by atoms with Crippen LogP contribution in [0.1, 0.15) is 19.4 Å². The molecule has 0 bridgehead atoms. The van der Waals surface area contributed by atoms with Crippen molar-refractivity contribution >= 4 is 67.3 Å². The number of nitro benzene ring substituents is 1. The number of aromatic nitrogens is 2. The van der Waals surface area contributed by atoms with Gasteiger partial charge in [0, 0.05) is 22.0 Å². The highest BCUT2D eigenvalue weighted by Crippen LogP contribution is 2.36. The predicted octanol–water partition coefficient (Wildman–Crippen LogP) is 6.35. The third kappa shape index (κ3) is 5.98. The Morgan fingerprint density at radius 3 is 2.76 bits per heavy atom. The van der Waals surface area contributed by atoms with Crippen molar-refractivity contribution in [3.63, 3.8) is 0 Å². The number of benzene rings is 3. The van der Waals surface area contributed by atoms with E-state index in [2.05, 4.69) is 26.0 Å². The zero-order chi connectivity index (χ0) is 29.3. The van der Waals surface area contributed by atoms with Crippen LogP contribution in [0.4, 0.5) is 5.69 Å². The largest absolute Gasteiger partial charge is 0.474 e. The molecule has 5 rings (SSSR count). The number of furan rings is 1. The molecule has 0 atom stereocenters. The first kappa shape index (κ1) is 28.0. The van der Waals surface area contributed by atoms with E-state index in [1.807, 2.05) is 0 Å². The van der Waals surface area contributed by atoms with Gasteiger partial charge in [-0.25, -0.2) is 9.78 Å². The summed E-state index contributed by atoms with van der Waals surface area (Å²) in [5.74, 6) is -0.435. The molecule has 5 aromatic rings. The number of carbonyl (C=O) groups is 1. The van der Waals surface area contributed by atoms with Crippen LogP contribution in [-0.2, 0) is 9.53 Å². The summed E-state index contributed by atoms with van der Waals surface area (Å²) in [6.07, 6.45) is 0.911. The van der Waals surface area contributed by atoms with E-state index in [4.69, 9.17) is 25.5 Å². The van der Waals surface area contributed by atoms with Crippen LogP contribution in [0, 0.1) is 10.1 Å². The van der Waals surface area contributed by atoms with Crippen molar-refractivity contribution in [1.29, 1.82) is 0 Å². The number of fused-ring (bicyclic) bond motifs is 2. The van der Waals surface area contributed by atoms with Crippen LogP contribution in [-0.4, -0.2) is 39.5 Å². The van der Waals surface area contributed by atoms with Gasteiger partial charge in [-0.2, -0.15) is 9.78 Å². The van der Waals surface area contributed by atoms with Gasteiger partial charge in [-0.05, 0) is 72.2 Å². The molecule has 0 unspecified atom stereocenters. The maximum absolute atomic E-state index is 13.5. The maximum Gasteiger partial charge on any atom is 0.344 e. The Morgan fingerprint density at radius 1 is 1.22 bits per heavy atom. The monoisotopic (exact) mass is 638 g/mol. The number of nitro groups is 1. The van der Waals surface area contributed by atoms with Gasteiger partial charge < -0.3 is 13.9 Å². The van der Waals surface area contributed by atoms with Gasteiger partial charge in [-0.1, -0.05) is 23.7 Å². The van der Waals surface area contributed by atoms with E-state index in [1.165, 1.54) is 18.3 Å². The van der Waals surface area contributed by atoms with Crippen LogP contribution in [0.5, 0.6) is 5.75 Å². The van der Waals surface area contributed by atoms with Gasteiger partial charge >= 0.3 is 11.7 Å². The third-order valence-corrected chi connectivity index (χ3v) is 6.54. The molecule has 0 aliphatic carbocycles. The zero-order valence-electron chi connectivity index (χ0n) is 21.5. The quantitative estimate of drug-likeness (QED) is 0.0829. The molecule has 0 saturated carbocycles. The third-order valence-electron chi connectivity index (χ3n) is 5.72. The molecule has 0 aliphatic heterocycles. The van der Waals surface area contributed by atoms with Crippen LogP contribution < -0.4 is 10.3 Å². The Bertz CT molecular complexity index is 1920. The summed E-state index contributed by atoms with van der Waals surface area (Å²) in [6.45, 7) is 2.83. The topological polar surface area (TPSA) is 139 Å². The van der Waals surface area contributed by atoms with E-state index >= 15 is 0 Å². The molecule has 0 amide bonds. The van der Waals surface area contributed by atoms with Crippen molar-refractivity contribution < 1.29 is 23.6 Å². The highest BCUT2D eigenvalue weighted by molar-refractivity contribution is 9.10. The number of nitrogens with zero attached hydrogens (tertiary/aromatic N) is 4. The summed E-state index contributed by atoms with van der Waals surface area (Å²) >= 11 is 9.39. The fourth-order valence-electron chi connectivity index (χ4n) is 4.02. The van der Waals surface area contributed by atoms with Gasteiger partial charge in [0.15, 0.2) is 12.4 Å². The second-order valence-electron chi connectivity index (χ2n) is 9.04. The smallest absolute Gasteiger partial charge is 0.344 e. The zero-order valence-corrected chi connectivity index (χ0v) is 23.9. The summed E-state index contributed by atoms with van der Waals surface area (Å²) < 4.78 is 17.6. The number of hydrogen-bond acceptors (Lipinski definition) is 9. The molecule has 2 heterocycles. The minimum atomic E-state index is -0.671. The van der Waals surface area contributed by atoms with Crippen LogP contribution >= 0.6 is 27.5 Å². The van der Waals surface area contributed by atoms with Gasteiger partial charge in [0.25, 0.3) is 5.56 Å². The second kappa shape index (κ2) is 11.5. The molecule has 208 valence electrons. The molecule has 0 aliphatic rings. The van der Waals surface area contributed by atoms with Crippen molar-refractivity contribution in [3.8, 4) is 17.3 Å². The summed E-state index contributed by atoms with van der Waals surface area (Å²) in [4.78, 5) is 41.2. The fraction of sp³-hybridized carbons (Fsp3) is 0.143. The lowest BCUT2D eigenvalue weighted by atomic mass is 10.2. The standard InChI is InChI=1S/C28H20BrClN4O7/c1-15(2)40-25(35)14-39-26-20(29)9-16(10-22(26)34(37)38)13-31-33-27(32-21-6-4-3-5-19(21)28(33)36)24-12-17-11-18(30)7-8-23(17)41-24/h3-13,15H,14H2,1-2H3. The Labute approximate surface area is 245 Å². The Balaban J connectivity index is 1.58. The lowest BCUT2D eigenvalue weighted by Crippen LogP contribution is -2.20.